The highest BCUT2D eigenvalue weighted by molar-refractivity contribution is 7.80. The molecule has 0 heterocycles. The fraction of sp³-hybridized carbons (Fsp3) is 0.600. The summed E-state index contributed by atoms with van der Waals surface area (Å²) in [6.07, 6.45) is 8.25. The number of benzene rings is 1. The van der Waals surface area contributed by atoms with Gasteiger partial charge in [0.15, 0.2) is 10.9 Å². The zero-order valence-corrected chi connectivity index (χ0v) is 15.4. The molecule has 4 aliphatic carbocycles. The van der Waals surface area contributed by atoms with E-state index < -0.39 is 0 Å². The van der Waals surface area contributed by atoms with Gasteiger partial charge in [-0.25, -0.2) is 0 Å². The van der Waals surface area contributed by atoms with Crippen molar-refractivity contribution in [3.8, 4) is 0 Å². The molecule has 24 heavy (non-hydrogen) atoms. The first-order valence-electron chi connectivity index (χ1n) is 9.11. The quantitative estimate of drug-likeness (QED) is 0.648. The van der Waals surface area contributed by atoms with Gasteiger partial charge in [-0.05, 0) is 99.7 Å². The number of rotatable bonds is 3. The van der Waals surface area contributed by atoms with Gasteiger partial charge >= 0.3 is 0 Å². The van der Waals surface area contributed by atoms with Crippen LogP contribution in [0.3, 0.4) is 0 Å². The van der Waals surface area contributed by atoms with Gasteiger partial charge in [0.1, 0.15) is 0 Å². The summed E-state index contributed by atoms with van der Waals surface area (Å²) in [7, 11) is 2.17. The van der Waals surface area contributed by atoms with Gasteiger partial charge in [-0.15, -0.1) is 0 Å². The zero-order chi connectivity index (χ0) is 16.9. The predicted octanol–water partition coefficient (Wildman–Crippen LogP) is 4.49. The summed E-state index contributed by atoms with van der Waals surface area (Å²) in [5.41, 5.74) is 1.97. The minimum Gasteiger partial charge on any atom is -0.346 e. The first-order valence-corrected chi connectivity index (χ1v) is 9.52. The molecule has 128 valence electrons. The summed E-state index contributed by atoms with van der Waals surface area (Å²) in [6, 6.07) is 7.60. The minimum absolute atomic E-state index is 0.0924. The molecule has 1 N–H and O–H groups in total. The molecule has 3 nitrogen and oxygen atoms in total. The van der Waals surface area contributed by atoms with Gasteiger partial charge in [-0.2, -0.15) is 0 Å². The van der Waals surface area contributed by atoms with Crippen molar-refractivity contribution >= 4 is 28.8 Å². The van der Waals surface area contributed by atoms with Crippen LogP contribution in [0.5, 0.6) is 0 Å². The van der Waals surface area contributed by atoms with Gasteiger partial charge in [0.05, 0.1) is 0 Å². The normalized spacial score (nSPS) is 33.3. The van der Waals surface area contributed by atoms with Gasteiger partial charge in [0.25, 0.3) is 0 Å². The lowest BCUT2D eigenvalue weighted by atomic mass is 9.52. The SMILES string of the molecule is CC(=O)c1ccc(NC(=S)N(C)C23CC4CC(CC(C4)C2)C3)cc1. The predicted molar refractivity (Wildman–Crippen MR) is 101 cm³/mol. The lowest BCUT2D eigenvalue weighted by Gasteiger charge is -2.60. The highest BCUT2D eigenvalue weighted by atomic mass is 32.1. The fourth-order valence-corrected chi connectivity index (χ4v) is 6.00. The molecule has 0 aliphatic heterocycles. The van der Waals surface area contributed by atoms with Gasteiger partial charge < -0.3 is 10.2 Å². The Morgan fingerprint density at radius 2 is 1.58 bits per heavy atom. The van der Waals surface area contributed by atoms with Crippen LogP contribution in [0.25, 0.3) is 0 Å². The van der Waals surface area contributed by atoms with Crippen molar-refractivity contribution in [3.63, 3.8) is 0 Å². The highest BCUT2D eigenvalue weighted by Crippen LogP contribution is 2.57. The van der Waals surface area contributed by atoms with Crippen molar-refractivity contribution in [2.75, 3.05) is 12.4 Å². The number of hydrogen-bond acceptors (Lipinski definition) is 2. The van der Waals surface area contributed by atoms with Crippen molar-refractivity contribution in [3.05, 3.63) is 29.8 Å². The van der Waals surface area contributed by atoms with E-state index in [1.54, 1.807) is 6.92 Å². The first kappa shape index (κ1) is 16.1. The van der Waals surface area contributed by atoms with E-state index in [0.29, 0.717) is 0 Å². The molecule has 0 spiro atoms. The number of Topliss-reactive ketones (excluding diaryl/α,β-unsaturated/α-hetero) is 1. The third-order valence-corrected chi connectivity index (χ3v) is 6.94. The van der Waals surface area contributed by atoms with Crippen molar-refractivity contribution < 1.29 is 4.79 Å². The second-order valence-corrected chi connectivity index (χ2v) is 8.65. The van der Waals surface area contributed by atoms with E-state index in [-0.39, 0.29) is 11.3 Å². The Labute approximate surface area is 149 Å². The van der Waals surface area contributed by atoms with Gasteiger partial charge in [0.2, 0.25) is 0 Å². The van der Waals surface area contributed by atoms with E-state index in [1.807, 2.05) is 24.3 Å². The molecule has 4 aliphatic rings. The molecule has 4 heteroatoms. The van der Waals surface area contributed by atoms with Crippen LogP contribution in [0.2, 0.25) is 0 Å². The Bertz CT molecular complexity index is 631. The third kappa shape index (κ3) is 2.75. The van der Waals surface area contributed by atoms with Crippen molar-refractivity contribution in [1.82, 2.24) is 4.90 Å². The van der Waals surface area contributed by atoms with Crippen LogP contribution in [0.15, 0.2) is 24.3 Å². The standard InChI is InChI=1S/C20H26N2OS/c1-13(23)17-3-5-18(6-4-17)21-19(24)22(2)20-10-14-7-15(11-20)9-16(8-14)12-20/h3-6,14-16H,7-12H2,1-2H3,(H,21,24). The monoisotopic (exact) mass is 342 g/mol. The molecule has 0 aromatic heterocycles. The van der Waals surface area contributed by atoms with Crippen LogP contribution >= 0.6 is 12.2 Å². The Kier molecular flexibility index (Phi) is 3.91. The van der Waals surface area contributed by atoms with Crippen molar-refractivity contribution in [2.45, 2.75) is 51.0 Å². The maximum atomic E-state index is 11.4. The molecule has 0 amide bonds. The van der Waals surface area contributed by atoms with Gasteiger partial charge in [0, 0.05) is 23.8 Å². The van der Waals surface area contributed by atoms with E-state index in [0.717, 1.165) is 34.1 Å². The summed E-state index contributed by atoms with van der Waals surface area (Å²) in [5.74, 6) is 2.83. The fourth-order valence-electron chi connectivity index (χ4n) is 5.69. The average Bonchev–Trinajstić information content (AvgIpc) is 2.53. The summed E-state index contributed by atoms with van der Waals surface area (Å²) < 4.78 is 0. The van der Waals surface area contributed by atoms with Crippen molar-refractivity contribution in [1.29, 1.82) is 0 Å². The molecular weight excluding hydrogens is 316 g/mol. The largest absolute Gasteiger partial charge is 0.346 e. The number of nitrogens with zero attached hydrogens (tertiary/aromatic N) is 1. The van der Waals surface area contributed by atoms with Gasteiger partial charge in [-0.1, -0.05) is 0 Å². The van der Waals surface area contributed by atoms with Crippen LogP contribution in [0.4, 0.5) is 5.69 Å². The second-order valence-electron chi connectivity index (χ2n) is 8.26. The number of anilines is 1. The molecule has 0 radical (unpaired) electrons. The Morgan fingerprint density at radius 1 is 1.08 bits per heavy atom. The van der Waals surface area contributed by atoms with E-state index in [4.69, 9.17) is 12.2 Å². The molecule has 0 saturated heterocycles. The van der Waals surface area contributed by atoms with E-state index in [1.165, 1.54) is 38.5 Å². The summed E-state index contributed by atoms with van der Waals surface area (Å²) >= 11 is 5.73. The lowest BCUT2D eigenvalue weighted by Crippen LogP contribution is -2.60. The summed E-state index contributed by atoms with van der Waals surface area (Å²) in [4.78, 5) is 13.7. The molecular formula is C20H26N2OS. The van der Waals surface area contributed by atoms with E-state index in [2.05, 4.69) is 17.3 Å². The molecule has 4 fully saturated rings. The van der Waals surface area contributed by atoms with Crippen LogP contribution in [-0.2, 0) is 0 Å². The molecule has 1 aromatic carbocycles. The summed E-state index contributed by atoms with van der Waals surface area (Å²) in [5, 5.41) is 4.19. The number of carbonyl (C=O) groups excluding carboxylic acids is 1. The van der Waals surface area contributed by atoms with Crippen LogP contribution in [-0.4, -0.2) is 28.4 Å². The number of thiocarbonyl (C=S) groups is 1. The highest BCUT2D eigenvalue weighted by Gasteiger charge is 2.53. The average molecular weight is 343 g/mol. The first-order chi connectivity index (χ1) is 11.4. The maximum Gasteiger partial charge on any atom is 0.173 e. The Balaban J connectivity index is 1.47. The number of hydrogen-bond donors (Lipinski definition) is 1. The molecule has 0 atom stereocenters. The molecule has 0 unspecified atom stereocenters. The number of ketones is 1. The third-order valence-electron chi connectivity index (χ3n) is 6.56. The Morgan fingerprint density at radius 3 is 2.04 bits per heavy atom. The number of nitrogens with one attached hydrogen (secondary N) is 1. The van der Waals surface area contributed by atoms with Crippen LogP contribution in [0.1, 0.15) is 55.8 Å². The number of carbonyl (C=O) groups is 1. The maximum absolute atomic E-state index is 11.4. The molecule has 5 rings (SSSR count). The zero-order valence-electron chi connectivity index (χ0n) is 14.5. The topological polar surface area (TPSA) is 32.3 Å². The molecule has 4 saturated carbocycles. The lowest BCUT2D eigenvalue weighted by molar-refractivity contribution is -0.0538. The minimum atomic E-state index is 0.0924. The van der Waals surface area contributed by atoms with E-state index >= 15 is 0 Å². The van der Waals surface area contributed by atoms with Crippen LogP contribution in [0, 0.1) is 17.8 Å². The molecule has 1 aromatic rings. The smallest absolute Gasteiger partial charge is 0.173 e. The molecule has 4 bridgehead atoms. The van der Waals surface area contributed by atoms with Crippen molar-refractivity contribution in [2.24, 2.45) is 17.8 Å². The second kappa shape index (κ2) is 5.83. The Hall–Kier alpha value is -1.42. The van der Waals surface area contributed by atoms with Gasteiger partial charge in [-0.3, -0.25) is 4.79 Å². The van der Waals surface area contributed by atoms with E-state index in [9.17, 15) is 4.79 Å². The summed E-state index contributed by atoms with van der Waals surface area (Å²) in [6.45, 7) is 1.59. The van der Waals surface area contributed by atoms with Crippen LogP contribution < -0.4 is 5.32 Å².